The van der Waals surface area contributed by atoms with E-state index < -0.39 is 9.84 Å². The number of sulfone groups is 1. The highest BCUT2D eigenvalue weighted by Crippen LogP contribution is 2.20. The van der Waals surface area contributed by atoms with Crippen LogP contribution in [-0.4, -0.2) is 40.1 Å². The van der Waals surface area contributed by atoms with E-state index >= 15 is 0 Å². The Labute approximate surface area is 174 Å². The number of hydrogen-bond donors (Lipinski definition) is 0. The number of thioether (sulfide) groups is 1. The normalized spacial score (nSPS) is 13.5. The van der Waals surface area contributed by atoms with Crippen molar-refractivity contribution in [2.75, 3.05) is 11.5 Å². The number of hydrogen-bond acceptors (Lipinski definition) is 6. The van der Waals surface area contributed by atoms with Crippen molar-refractivity contribution < 1.29 is 8.42 Å². The van der Waals surface area contributed by atoms with Crippen LogP contribution in [0.5, 0.6) is 0 Å². The quantitative estimate of drug-likeness (QED) is 0.449. The Hall–Kier alpha value is -1.93. The van der Waals surface area contributed by atoms with Crippen molar-refractivity contribution in [3.05, 3.63) is 54.0 Å². The topological polar surface area (TPSA) is 77.7 Å². The highest BCUT2D eigenvalue weighted by atomic mass is 32.2. The van der Waals surface area contributed by atoms with Gasteiger partial charge in [0.2, 0.25) is 5.16 Å². The third-order valence-electron chi connectivity index (χ3n) is 3.37. The molecule has 0 amide bonds. The molecule has 0 spiro atoms. The molecular formula is C20H32N4O2S2. The van der Waals surface area contributed by atoms with Gasteiger partial charge in [0.25, 0.3) is 0 Å². The van der Waals surface area contributed by atoms with Crippen LogP contribution in [0, 0.1) is 0 Å². The zero-order valence-electron chi connectivity index (χ0n) is 17.5. The van der Waals surface area contributed by atoms with Gasteiger partial charge in [0.15, 0.2) is 9.84 Å². The van der Waals surface area contributed by atoms with E-state index in [2.05, 4.69) is 29.0 Å². The summed E-state index contributed by atoms with van der Waals surface area (Å²) in [4.78, 5) is 0.353. The van der Waals surface area contributed by atoms with Crippen molar-refractivity contribution in [2.24, 2.45) is 0 Å². The molecule has 0 saturated heterocycles. The second-order valence-electron chi connectivity index (χ2n) is 5.30. The van der Waals surface area contributed by atoms with Gasteiger partial charge in [-0.15, -0.1) is 11.7 Å². The highest BCUT2D eigenvalue weighted by molar-refractivity contribution is 8.01. The molecular weight excluding hydrogens is 392 g/mol. The summed E-state index contributed by atoms with van der Waals surface area (Å²) >= 11 is 1.33. The maximum absolute atomic E-state index is 12.3. The molecule has 156 valence electrons. The third kappa shape index (κ3) is 9.32. The van der Waals surface area contributed by atoms with Gasteiger partial charge < -0.3 is 0 Å². The summed E-state index contributed by atoms with van der Waals surface area (Å²) in [6.45, 7) is 13.3. The SMILES string of the molecule is C/C=C(\C)n1nnnc1SCCS(=O)(=O)C1=CC=CCC=C1.C=CCC.CC. The molecule has 0 N–H and O–H groups in total. The van der Waals surface area contributed by atoms with Gasteiger partial charge in [-0.25, -0.2) is 8.42 Å². The summed E-state index contributed by atoms with van der Waals surface area (Å²) in [5.41, 5.74) is 0.898. The van der Waals surface area contributed by atoms with Crippen molar-refractivity contribution in [2.45, 2.75) is 52.6 Å². The molecule has 0 aliphatic heterocycles. The fraction of sp³-hybridized carbons (Fsp3) is 0.450. The Bertz CT molecular complexity index is 804. The van der Waals surface area contributed by atoms with E-state index in [9.17, 15) is 8.42 Å². The molecule has 8 heteroatoms. The van der Waals surface area contributed by atoms with E-state index in [-0.39, 0.29) is 5.75 Å². The molecule has 1 aromatic rings. The molecule has 1 heterocycles. The van der Waals surface area contributed by atoms with Gasteiger partial charge in [-0.2, -0.15) is 4.68 Å². The van der Waals surface area contributed by atoms with Gasteiger partial charge in [-0.1, -0.05) is 62.9 Å². The van der Waals surface area contributed by atoms with Gasteiger partial charge in [-0.3, -0.25) is 0 Å². The first-order valence-electron chi connectivity index (χ1n) is 9.37. The Kier molecular flexibility index (Phi) is 14.0. The molecule has 0 radical (unpaired) electrons. The van der Waals surface area contributed by atoms with Crippen molar-refractivity contribution >= 4 is 27.3 Å². The zero-order chi connectivity index (χ0) is 21.4. The summed E-state index contributed by atoms with van der Waals surface area (Å²) < 4.78 is 26.2. The second-order valence-corrected chi connectivity index (χ2v) is 8.47. The van der Waals surface area contributed by atoms with Gasteiger partial charge in [0, 0.05) is 11.4 Å². The van der Waals surface area contributed by atoms with Crippen LogP contribution in [-0.2, 0) is 9.84 Å². The van der Waals surface area contributed by atoms with Gasteiger partial charge >= 0.3 is 0 Å². The Morgan fingerprint density at radius 1 is 1.36 bits per heavy atom. The van der Waals surface area contributed by atoms with Crippen molar-refractivity contribution in [3.8, 4) is 0 Å². The van der Waals surface area contributed by atoms with E-state index in [1.807, 2.05) is 52.0 Å². The predicted molar refractivity (Wildman–Crippen MR) is 121 cm³/mol. The largest absolute Gasteiger partial charge is 0.224 e. The number of rotatable bonds is 7. The molecule has 0 atom stereocenters. The van der Waals surface area contributed by atoms with Crippen LogP contribution in [0.15, 0.2) is 59.2 Å². The monoisotopic (exact) mass is 424 g/mol. The number of aromatic nitrogens is 4. The lowest BCUT2D eigenvalue weighted by Gasteiger charge is -2.05. The molecule has 0 fully saturated rings. The summed E-state index contributed by atoms with van der Waals surface area (Å²) in [7, 11) is -3.29. The van der Waals surface area contributed by atoms with E-state index in [1.54, 1.807) is 22.9 Å². The molecule has 1 aliphatic rings. The molecule has 0 saturated carbocycles. The molecule has 0 unspecified atom stereocenters. The fourth-order valence-electron chi connectivity index (χ4n) is 1.74. The lowest BCUT2D eigenvalue weighted by molar-refractivity contribution is 0.604. The molecule has 6 nitrogen and oxygen atoms in total. The lowest BCUT2D eigenvalue weighted by atomic mass is 10.4. The summed E-state index contributed by atoms with van der Waals surface area (Å²) in [5.74, 6) is 0.442. The Morgan fingerprint density at radius 3 is 2.64 bits per heavy atom. The standard InChI is InChI=1S/C14H18N4O2S2.C4H8.C2H6/c1-3-12(2)18-14(15-16-17-18)21-10-11-22(19,20)13-8-6-4-5-7-9-13;1-3-4-2;1-2/h3-4,6-9H,5,10-11H2,1-2H3;3H,1,4H2,2H3;1-2H3/b12-3+;;. The second kappa shape index (κ2) is 15.0. The minimum Gasteiger partial charge on any atom is -0.224 e. The first kappa shape index (κ1) is 26.1. The third-order valence-corrected chi connectivity index (χ3v) is 6.29. The van der Waals surface area contributed by atoms with Gasteiger partial charge in [0.1, 0.15) is 0 Å². The fourth-order valence-corrected chi connectivity index (χ4v) is 4.36. The van der Waals surface area contributed by atoms with Crippen molar-refractivity contribution in [3.63, 3.8) is 0 Å². The number of tetrazole rings is 1. The molecule has 2 rings (SSSR count). The first-order chi connectivity index (χ1) is 13.5. The van der Waals surface area contributed by atoms with Crippen molar-refractivity contribution in [1.29, 1.82) is 0 Å². The number of nitrogens with zero attached hydrogens (tertiary/aromatic N) is 4. The molecule has 1 aromatic heterocycles. The minimum absolute atomic E-state index is 0.0451. The smallest absolute Gasteiger partial charge is 0.213 e. The van der Waals surface area contributed by atoms with E-state index in [1.165, 1.54) is 11.8 Å². The minimum atomic E-state index is -3.29. The summed E-state index contributed by atoms with van der Waals surface area (Å²) in [5, 5.41) is 12.0. The molecule has 1 aliphatic carbocycles. The van der Waals surface area contributed by atoms with Crippen LogP contribution >= 0.6 is 11.8 Å². The average molecular weight is 425 g/mol. The molecule has 28 heavy (non-hydrogen) atoms. The van der Waals surface area contributed by atoms with Crippen LogP contribution in [0.3, 0.4) is 0 Å². The van der Waals surface area contributed by atoms with E-state index in [0.717, 1.165) is 18.5 Å². The molecule has 0 aromatic carbocycles. The Balaban J connectivity index is 0.00000108. The van der Waals surface area contributed by atoms with Crippen LogP contribution < -0.4 is 0 Å². The van der Waals surface area contributed by atoms with E-state index in [0.29, 0.717) is 15.8 Å². The summed E-state index contributed by atoms with van der Waals surface area (Å²) in [6.07, 6.45) is 14.4. The van der Waals surface area contributed by atoms with Crippen LogP contribution in [0.2, 0.25) is 0 Å². The number of allylic oxidation sites excluding steroid dienone is 8. The van der Waals surface area contributed by atoms with Crippen LogP contribution in [0.25, 0.3) is 5.70 Å². The van der Waals surface area contributed by atoms with Crippen molar-refractivity contribution in [1.82, 2.24) is 20.2 Å². The average Bonchev–Trinajstić information content (AvgIpc) is 3.00. The highest BCUT2D eigenvalue weighted by Gasteiger charge is 2.17. The zero-order valence-corrected chi connectivity index (χ0v) is 19.1. The molecule has 0 bridgehead atoms. The lowest BCUT2D eigenvalue weighted by Crippen LogP contribution is -2.10. The Morgan fingerprint density at radius 2 is 2.04 bits per heavy atom. The van der Waals surface area contributed by atoms with Crippen LogP contribution in [0.4, 0.5) is 0 Å². The maximum Gasteiger partial charge on any atom is 0.213 e. The van der Waals surface area contributed by atoms with Gasteiger partial charge in [0.05, 0.1) is 10.7 Å². The maximum atomic E-state index is 12.3. The van der Waals surface area contributed by atoms with E-state index in [4.69, 9.17) is 0 Å². The first-order valence-corrected chi connectivity index (χ1v) is 12.0. The van der Waals surface area contributed by atoms with Crippen LogP contribution in [0.1, 0.15) is 47.5 Å². The van der Waals surface area contributed by atoms with Gasteiger partial charge in [-0.05, 0) is 49.3 Å². The summed E-state index contributed by atoms with van der Waals surface area (Å²) in [6, 6.07) is 0. The predicted octanol–water partition coefficient (Wildman–Crippen LogP) is 5.07.